The smallest absolute Gasteiger partial charge is 0.0719 e. The second kappa shape index (κ2) is 4.40. The van der Waals surface area contributed by atoms with Crippen molar-refractivity contribution in [1.82, 2.24) is 0 Å². The van der Waals surface area contributed by atoms with Crippen LogP contribution in [0.1, 0.15) is 22.3 Å². The van der Waals surface area contributed by atoms with Crippen molar-refractivity contribution in [3.05, 3.63) is 34.4 Å². The van der Waals surface area contributed by atoms with Gasteiger partial charge in [-0.15, -0.1) is 0 Å². The quantitative estimate of drug-likeness (QED) is 0.721. The molecule has 1 aromatic carbocycles. The topological polar surface area (TPSA) is 35.2 Å². The summed E-state index contributed by atoms with van der Waals surface area (Å²) in [5.74, 6) is 5.00. The van der Waals surface area contributed by atoms with Gasteiger partial charge >= 0.3 is 0 Å². The maximum atomic E-state index is 5.00. The lowest BCUT2D eigenvalue weighted by Crippen LogP contribution is -2.05. The Kier molecular flexibility index (Phi) is 3.46. The number of hydrogen-bond donors (Lipinski definition) is 1. The average Bonchev–Trinajstić information content (AvgIpc) is 2.09. The standard InChI is InChI=1S/C11H17NO/c1-8-6-9(2)10(3)11(7-8)4-5-13-12/h6-7H,4-5,12H2,1-3H3. The van der Waals surface area contributed by atoms with Gasteiger partial charge in [0.25, 0.3) is 0 Å². The molecule has 2 nitrogen and oxygen atoms in total. The zero-order valence-corrected chi connectivity index (χ0v) is 8.55. The predicted octanol–water partition coefficient (Wildman–Crippen LogP) is 2.04. The van der Waals surface area contributed by atoms with Crippen LogP contribution in [0.5, 0.6) is 0 Å². The van der Waals surface area contributed by atoms with Crippen molar-refractivity contribution >= 4 is 0 Å². The highest BCUT2D eigenvalue weighted by molar-refractivity contribution is 5.37. The van der Waals surface area contributed by atoms with E-state index in [2.05, 4.69) is 37.7 Å². The average molecular weight is 179 g/mol. The Morgan fingerprint density at radius 2 is 1.92 bits per heavy atom. The highest BCUT2D eigenvalue weighted by Crippen LogP contribution is 2.16. The zero-order chi connectivity index (χ0) is 9.84. The molecule has 0 aromatic heterocycles. The molecule has 0 saturated heterocycles. The molecule has 0 atom stereocenters. The van der Waals surface area contributed by atoms with E-state index >= 15 is 0 Å². The monoisotopic (exact) mass is 179 g/mol. The molecule has 0 bridgehead atoms. The number of hydrogen-bond acceptors (Lipinski definition) is 2. The molecule has 13 heavy (non-hydrogen) atoms. The Balaban J connectivity index is 2.92. The van der Waals surface area contributed by atoms with E-state index in [4.69, 9.17) is 5.90 Å². The Hall–Kier alpha value is -0.860. The third-order valence-electron chi connectivity index (χ3n) is 2.41. The van der Waals surface area contributed by atoms with Gasteiger partial charge in [-0.1, -0.05) is 17.7 Å². The minimum Gasteiger partial charge on any atom is -0.304 e. The van der Waals surface area contributed by atoms with E-state index in [0.717, 1.165) is 6.42 Å². The summed E-state index contributed by atoms with van der Waals surface area (Å²) in [4.78, 5) is 4.58. The fourth-order valence-corrected chi connectivity index (χ4v) is 1.56. The molecule has 1 rings (SSSR count). The molecule has 1 aromatic rings. The Morgan fingerprint density at radius 3 is 2.54 bits per heavy atom. The van der Waals surface area contributed by atoms with Crippen LogP contribution in [0.4, 0.5) is 0 Å². The van der Waals surface area contributed by atoms with Crippen LogP contribution in [0.3, 0.4) is 0 Å². The fraction of sp³-hybridized carbons (Fsp3) is 0.455. The maximum absolute atomic E-state index is 5.00. The van der Waals surface area contributed by atoms with Crippen molar-refractivity contribution in [2.45, 2.75) is 27.2 Å². The first-order valence-electron chi connectivity index (χ1n) is 4.53. The molecular formula is C11H17NO. The van der Waals surface area contributed by atoms with Crippen LogP contribution < -0.4 is 5.90 Å². The van der Waals surface area contributed by atoms with E-state index in [1.807, 2.05) is 0 Å². The molecule has 2 heteroatoms. The normalized spacial score (nSPS) is 10.5. The number of aryl methyl sites for hydroxylation is 2. The molecule has 0 aliphatic carbocycles. The largest absolute Gasteiger partial charge is 0.304 e. The van der Waals surface area contributed by atoms with Gasteiger partial charge in [-0.3, -0.25) is 0 Å². The summed E-state index contributed by atoms with van der Waals surface area (Å²) in [5, 5.41) is 0. The summed E-state index contributed by atoms with van der Waals surface area (Å²) in [7, 11) is 0. The molecule has 72 valence electrons. The second-order valence-corrected chi connectivity index (χ2v) is 3.49. The van der Waals surface area contributed by atoms with Crippen molar-refractivity contribution in [3.8, 4) is 0 Å². The second-order valence-electron chi connectivity index (χ2n) is 3.49. The van der Waals surface area contributed by atoms with E-state index in [-0.39, 0.29) is 0 Å². The summed E-state index contributed by atoms with van der Waals surface area (Å²) in [5.41, 5.74) is 5.33. The van der Waals surface area contributed by atoms with Gasteiger partial charge in [-0.05, 0) is 43.9 Å². The Morgan fingerprint density at radius 1 is 1.23 bits per heavy atom. The maximum Gasteiger partial charge on any atom is 0.0719 e. The predicted molar refractivity (Wildman–Crippen MR) is 54.5 cm³/mol. The van der Waals surface area contributed by atoms with Crippen LogP contribution in [0.25, 0.3) is 0 Å². The highest BCUT2D eigenvalue weighted by atomic mass is 16.6. The van der Waals surface area contributed by atoms with Crippen LogP contribution in [0, 0.1) is 20.8 Å². The first kappa shape index (κ1) is 10.2. The van der Waals surface area contributed by atoms with E-state index in [0.29, 0.717) is 6.61 Å². The third kappa shape index (κ3) is 2.54. The first-order chi connectivity index (χ1) is 6.15. The fourth-order valence-electron chi connectivity index (χ4n) is 1.56. The summed E-state index contributed by atoms with van der Waals surface area (Å²) in [6.45, 7) is 6.97. The van der Waals surface area contributed by atoms with Gasteiger partial charge in [0.1, 0.15) is 0 Å². The molecule has 2 N–H and O–H groups in total. The van der Waals surface area contributed by atoms with Crippen molar-refractivity contribution < 1.29 is 4.84 Å². The van der Waals surface area contributed by atoms with Gasteiger partial charge < -0.3 is 4.84 Å². The summed E-state index contributed by atoms with van der Waals surface area (Å²) in [6, 6.07) is 4.39. The van der Waals surface area contributed by atoms with E-state index in [9.17, 15) is 0 Å². The molecule has 0 heterocycles. The van der Waals surface area contributed by atoms with Gasteiger partial charge in [0.2, 0.25) is 0 Å². The molecule has 0 aliphatic rings. The van der Waals surface area contributed by atoms with Crippen LogP contribution in [0.15, 0.2) is 12.1 Å². The zero-order valence-electron chi connectivity index (χ0n) is 8.55. The van der Waals surface area contributed by atoms with E-state index in [1.165, 1.54) is 22.3 Å². The SMILES string of the molecule is Cc1cc(C)c(C)c(CCON)c1. The summed E-state index contributed by atoms with van der Waals surface area (Å²) < 4.78 is 0. The van der Waals surface area contributed by atoms with Gasteiger partial charge in [0.05, 0.1) is 6.61 Å². The molecule has 0 fully saturated rings. The molecule has 0 unspecified atom stereocenters. The molecular weight excluding hydrogens is 162 g/mol. The van der Waals surface area contributed by atoms with Crippen LogP contribution >= 0.6 is 0 Å². The summed E-state index contributed by atoms with van der Waals surface area (Å²) in [6.07, 6.45) is 0.894. The van der Waals surface area contributed by atoms with Crippen LogP contribution in [-0.4, -0.2) is 6.61 Å². The van der Waals surface area contributed by atoms with E-state index < -0.39 is 0 Å². The number of benzene rings is 1. The van der Waals surface area contributed by atoms with Gasteiger partial charge in [0, 0.05) is 0 Å². The van der Waals surface area contributed by atoms with Crippen LogP contribution in [-0.2, 0) is 11.3 Å². The van der Waals surface area contributed by atoms with Crippen molar-refractivity contribution in [2.24, 2.45) is 5.90 Å². The molecule has 0 saturated carbocycles. The van der Waals surface area contributed by atoms with Crippen LogP contribution in [0.2, 0.25) is 0 Å². The minimum atomic E-state index is 0.587. The van der Waals surface area contributed by atoms with Gasteiger partial charge in [-0.2, -0.15) is 0 Å². The van der Waals surface area contributed by atoms with Gasteiger partial charge in [0.15, 0.2) is 0 Å². The highest BCUT2D eigenvalue weighted by Gasteiger charge is 2.01. The van der Waals surface area contributed by atoms with Crippen molar-refractivity contribution in [2.75, 3.05) is 6.61 Å². The molecule has 0 spiro atoms. The van der Waals surface area contributed by atoms with Crippen molar-refractivity contribution in [1.29, 1.82) is 0 Å². The Labute approximate surface area is 79.7 Å². The van der Waals surface area contributed by atoms with E-state index in [1.54, 1.807) is 0 Å². The first-order valence-corrected chi connectivity index (χ1v) is 4.53. The molecule has 0 radical (unpaired) electrons. The van der Waals surface area contributed by atoms with Crippen molar-refractivity contribution in [3.63, 3.8) is 0 Å². The minimum absolute atomic E-state index is 0.587. The lowest BCUT2D eigenvalue weighted by molar-refractivity contribution is 0.141. The number of nitrogens with two attached hydrogens (primary N) is 1. The lowest BCUT2D eigenvalue weighted by atomic mass is 9.98. The lowest BCUT2D eigenvalue weighted by Gasteiger charge is -2.09. The molecule has 0 aliphatic heterocycles. The third-order valence-corrected chi connectivity index (χ3v) is 2.41. The summed E-state index contributed by atoms with van der Waals surface area (Å²) >= 11 is 0. The molecule has 0 amide bonds. The van der Waals surface area contributed by atoms with Gasteiger partial charge in [-0.25, -0.2) is 5.90 Å². The Bertz CT molecular complexity index is 294. The number of rotatable bonds is 3.